The van der Waals surface area contributed by atoms with Crippen LogP contribution in [0.5, 0.6) is 0 Å². The normalized spacial score (nSPS) is 19.4. The summed E-state index contributed by atoms with van der Waals surface area (Å²) < 4.78 is 33.0. The molecule has 1 aromatic rings. The number of hydrogen-bond acceptors (Lipinski definition) is 6. The lowest BCUT2D eigenvalue weighted by atomic mass is 10.1. The smallest absolute Gasteiger partial charge is 0.340 e. The zero-order chi connectivity index (χ0) is 15.6. The number of carbonyl (C=O) groups is 1. The molecule has 2 rings (SSSR count). The fraction of sp³-hybridized carbons (Fsp3) is 0.462. The van der Waals surface area contributed by atoms with Gasteiger partial charge in [-0.1, -0.05) is 0 Å². The predicted molar refractivity (Wildman–Crippen MR) is 76.8 cm³/mol. The van der Waals surface area contributed by atoms with Crippen LogP contribution in [-0.2, 0) is 19.5 Å². The van der Waals surface area contributed by atoms with E-state index in [4.69, 9.17) is 14.6 Å². The maximum Gasteiger partial charge on any atom is 0.340 e. The van der Waals surface area contributed by atoms with Crippen LogP contribution in [0.2, 0.25) is 0 Å². The highest BCUT2D eigenvalue weighted by Gasteiger charge is 2.24. The van der Waals surface area contributed by atoms with Crippen molar-refractivity contribution in [1.29, 1.82) is 0 Å². The molecule has 1 aromatic carbocycles. The predicted octanol–water partition coefficient (Wildman–Crippen LogP) is 0.346. The van der Waals surface area contributed by atoms with Crippen LogP contribution in [0.4, 0.5) is 5.69 Å². The van der Waals surface area contributed by atoms with E-state index >= 15 is 0 Å². The number of carbonyl (C=O) groups excluding carboxylic acids is 1. The van der Waals surface area contributed by atoms with E-state index < -0.39 is 16.0 Å². The summed E-state index contributed by atoms with van der Waals surface area (Å²) in [6.45, 7) is 3.70. The molecule has 0 bridgehead atoms. The Kier molecular flexibility index (Phi) is 4.50. The first-order chi connectivity index (χ1) is 9.82. The summed E-state index contributed by atoms with van der Waals surface area (Å²) in [5.74, 6) is -0.602. The van der Waals surface area contributed by atoms with Gasteiger partial charge in [-0.05, 0) is 25.1 Å². The van der Waals surface area contributed by atoms with E-state index in [1.807, 2.05) is 11.8 Å². The van der Waals surface area contributed by atoms with E-state index in [1.165, 1.54) is 19.2 Å². The maximum absolute atomic E-state index is 11.9. The molecule has 0 aliphatic carbocycles. The monoisotopic (exact) mass is 314 g/mol. The zero-order valence-electron chi connectivity index (χ0n) is 11.9. The van der Waals surface area contributed by atoms with Gasteiger partial charge in [0, 0.05) is 13.1 Å². The average molecular weight is 314 g/mol. The number of sulfonamides is 1. The number of anilines is 1. The van der Waals surface area contributed by atoms with Gasteiger partial charge in [-0.2, -0.15) is 0 Å². The molecule has 1 fully saturated rings. The Hall–Kier alpha value is -1.64. The number of benzene rings is 1. The third kappa shape index (κ3) is 3.52. The molecule has 0 spiro atoms. The highest BCUT2D eigenvalue weighted by atomic mass is 32.2. The third-order valence-corrected chi connectivity index (χ3v) is 4.19. The fourth-order valence-electron chi connectivity index (χ4n) is 2.28. The van der Waals surface area contributed by atoms with Gasteiger partial charge in [0.1, 0.15) is 0 Å². The minimum atomic E-state index is -3.88. The van der Waals surface area contributed by atoms with Crippen LogP contribution in [0.1, 0.15) is 17.3 Å². The Balaban J connectivity index is 2.47. The van der Waals surface area contributed by atoms with Crippen molar-refractivity contribution in [2.24, 2.45) is 5.14 Å². The number of esters is 1. The molecule has 0 unspecified atom stereocenters. The van der Waals surface area contributed by atoms with Crippen LogP contribution < -0.4 is 10.0 Å². The third-order valence-electron chi connectivity index (χ3n) is 3.28. The second-order valence-corrected chi connectivity index (χ2v) is 6.40. The summed E-state index contributed by atoms with van der Waals surface area (Å²) >= 11 is 0. The van der Waals surface area contributed by atoms with Gasteiger partial charge >= 0.3 is 5.97 Å². The number of nitrogens with two attached hydrogens (primary N) is 1. The van der Waals surface area contributed by atoms with Gasteiger partial charge in [-0.15, -0.1) is 0 Å². The largest absolute Gasteiger partial charge is 0.465 e. The average Bonchev–Trinajstić information content (AvgIpc) is 2.45. The van der Waals surface area contributed by atoms with Gasteiger partial charge in [-0.3, -0.25) is 0 Å². The van der Waals surface area contributed by atoms with Gasteiger partial charge in [0.15, 0.2) is 0 Å². The van der Waals surface area contributed by atoms with E-state index in [0.717, 1.165) is 0 Å². The Bertz CT molecular complexity index is 644. The highest BCUT2D eigenvalue weighted by Crippen LogP contribution is 2.26. The van der Waals surface area contributed by atoms with Crippen molar-refractivity contribution in [2.45, 2.75) is 17.9 Å². The van der Waals surface area contributed by atoms with Crippen molar-refractivity contribution < 1.29 is 22.7 Å². The van der Waals surface area contributed by atoms with Crippen molar-refractivity contribution >= 4 is 21.7 Å². The lowest BCUT2D eigenvalue weighted by Gasteiger charge is -2.33. The molecule has 1 aliphatic heterocycles. The van der Waals surface area contributed by atoms with Gasteiger partial charge in [-0.25, -0.2) is 18.4 Å². The first-order valence-electron chi connectivity index (χ1n) is 6.44. The highest BCUT2D eigenvalue weighted by molar-refractivity contribution is 7.89. The quantitative estimate of drug-likeness (QED) is 0.808. The first-order valence-corrected chi connectivity index (χ1v) is 7.99. The second kappa shape index (κ2) is 6.00. The number of methoxy groups -OCH3 is 1. The molecule has 2 N–H and O–H groups in total. The molecule has 0 radical (unpaired) electrons. The molecule has 1 heterocycles. The standard InChI is InChI=1S/C13H18N2O5S/c1-9-8-15(5-6-20-9)12-4-3-10(21(14,17)18)7-11(12)13(16)19-2/h3-4,7,9H,5-6,8H2,1-2H3,(H2,14,17,18)/t9-/m0/s1. The van der Waals surface area contributed by atoms with Gasteiger partial charge < -0.3 is 14.4 Å². The summed E-state index contributed by atoms with van der Waals surface area (Å²) in [4.78, 5) is 13.8. The van der Waals surface area contributed by atoms with Crippen molar-refractivity contribution in [3.63, 3.8) is 0 Å². The molecule has 21 heavy (non-hydrogen) atoms. The van der Waals surface area contributed by atoms with Crippen molar-refractivity contribution in [1.82, 2.24) is 0 Å². The molecule has 1 aliphatic rings. The lowest BCUT2D eigenvalue weighted by molar-refractivity contribution is 0.0522. The number of rotatable bonds is 3. The summed E-state index contributed by atoms with van der Waals surface area (Å²) in [6, 6.07) is 4.21. The minimum Gasteiger partial charge on any atom is -0.465 e. The number of primary sulfonamides is 1. The molecule has 0 aromatic heterocycles. The Morgan fingerprint density at radius 3 is 2.76 bits per heavy atom. The van der Waals surface area contributed by atoms with Crippen LogP contribution in [0, 0.1) is 0 Å². The Labute approximate surface area is 123 Å². The van der Waals surface area contributed by atoms with Crippen LogP contribution in [-0.4, -0.2) is 47.3 Å². The van der Waals surface area contributed by atoms with Crippen molar-refractivity contribution in [2.75, 3.05) is 31.7 Å². The van der Waals surface area contributed by atoms with E-state index in [-0.39, 0.29) is 16.6 Å². The molecule has 0 saturated carbocycles. The zero-order valence-corrected chi connectivity index (χ0v) is 12.7. The summed E-state index contributed by atoms with van der Waals surface area (Å²) in [5, 5.41) is 5.10. The van der Waals surface area contributed by atoms with E-state index in [9.17, 15) is 13.2 Å². The Morgan fingerprint density at radius 1 is 1.48 bits per heavy atom. The topological polar surface area (TPSA) is 98.9 Å². The van der Waals surface area contributed by atoms with Crippen molar-refractivity contribution in [3.8, 4) is 0 Å². The van der Waals surface area contributed by atoms with Gasteiger partial charge in [0.2, 0.25) is 10.0 Å². The molecule has 0 amide bonds. The fourth-order valence-corrected chi connectivity index (χ4v) is 2.82. The Morgan fingerprint density at radius 2 is 2.19 bits per heavy atom. The minimum absolute atomic E-state index is 0.0298. The summed E-state index contributed by atoms with van der Waals surface area (Å²) in [7, 11) is -2.63. The van der Waals surface area contributed by atoms with Crippen LogP contribution in [0.3, 0.4) is 0 Å². The van der Waals surface area contributed by atoms with Gasteiger partial charge in [0.05, 0.1) is 36.0 Å². The van der Waals surface area contributed by atoms with Gasteiger partial charge in [0.25, 0.3) is 0 Å². The molecule has 1 atom stereocenters. The number of hydrogen-bond donors (Lipinski definition) is 1. The first kappa shape index (κ1) is 15.7. The number of nitrogens with zero attached hydrogens (tertiary/aromatic N) is 1. The molecule has 1 saturated heterocycles. The lowest BCUT2D eigenvalue weighted by Crippen LogP contribution is -2.41. The molecular weight excluding hydrogens is 296 g/mol. The summed E-state index contributed by atoms with van der Waals surface area (Å²) in [6.07, 6.45) is 0.0298. The second-order valence-electron chi connectivity index (χ2n) is 4.84. The van der Waals surface area contributed by atoms with Crippen LogP contribution in [0.25, 0.3) is 0 Å². The number of morpholine rings is 1. The van der Waals surface area contributed by atoms with Crippen LogP contribution >= 0.6 is 0 Å². The van der Waals surface area contributed by atoms with Crippen molar-refractivity contribution in [3.05, 3.63) is 23.8 Å². The summed E-state index contributed by atoms with van der Waals surface area (Å²) in [5.41, 5.74) is 0.794. The number of ether oxygens (including phenoxy) is 2. The SMILES string of the molecule is COC(=O)c1cc(S(N)(=O)=O)ccc1N1CCO[C@@H](C)C1. The molecule has 7 nitrogen and oxygen atoms in total. The van der Waals surface area contributed by atoms with E-state index in [0.29, 0.717) is 25.4 Å². The maximum atomic E-state index is 11.9. The molecule has 116 valence electrons. The van der Waals surface area contributed by atoms with E-state index in [1.54, 1.807) is 6.07 Å². The van der Waals surface area contributed by atoms with E-state index in [2.05, 4.69) is 0 Å². The molecule has 8 heteroatoms. The van der Waals surface area contributed by atoms with Crippen LogP contribution in [0.15, 0.2) is 23.1 Å². The molecular formula is C13H18N2O5S.